The lowest BCUT2D eigenvalue weighted by Gasteiger charge is -2.21. The Morgan fingerprint density at radius 1 is 1.04 bits per heavy atom. The van der Waals surface area contributed by atoms with Gasteiger partial charge < -0.3 is 14.7 Å². The molecule has 0 bridgehead atoms. The average Bonchev–Trinajstić information content (AvgIpc) is 3.06. The highest BCUT2D eigenvalue weighted by Gasteiger charge is 2.17. The van der Waals surface area contributed by atoms with Crippen LogP contribution in [0.15, 0.2) is 65.7 Å². The summed E-state index contributed by atoms with van der Waals surface area (Å²) in [7, 11) is 0. The first-order chi connectivity index (χ1) is 12.6. The lowest BCUT2D eigenvalue weighted by molar-refractivity contribution is 0.399. The molecule has 4 heteroatoms. The second kappa shape index (κ2) is 7.91. The van der Waals surface area contributed by atoms with Crippen molar-refractivity contribution in [3.8, 4) is 11.3 Å². The standard InChI is InChI=1S/C22H25N3O/c1-5-25(6-2)20-14-12-19(13-15-20)23-16(3)21-17(4)26-24-22(21)18-10-8-7-9-11-18/h7-15,23H,3,5-6H2,1-2,4H3. The van der Waals surface area contributed by atoms with E-state index in [1.807, 2.05) is 37.3 Å². The van der Waals surface area contributed by atoms with Crippen molar-refractivity contribution in [1.29, 1.82) is 0 Å². The van der Waals surface area contributed by atoms with Gasteiger partial charge in [-0.15, -0.1) is 0 Å². The predicted molar refractivity (Wildman–Crippen MR) is 109 cm³/mol. The summed E-state index contributed by atoms with van der Waals surface area (Å²) in [5.41, 5.74) is 5.71. The number of aryl methyl sites for hydroxylation is 1. The third-order valence-electron chi connectivity index (χ3n) is 4.50. The Hall–Kier alpha value is -3.01. The van der Waals surface area contributed by atoms with Crippen molar-refractivity contribution in [2.45, 2.75) is 20.8 Å². The van der Waals surface area contributed by atoms with Crippen molar-refractivity contribution in [2.75, 3.05) is 23.3 Å². The first-order valence-corrected chi connectivity index (χ1v) is 8.97. The van der Waals surface area contributed by atoms with Crippen LogP contribution in [-0.2, 0) is 0 Å². The van der Waals surface area contributed by atoms with Crippen LogP contribution < -0.4 is 10.2 Å². The van der Waals surface area contributed by atoms with Gasteiger partial charge in [0, 0.05) is 35.7 Å². The fraction of sp³-hybridized carbons (Fsp3) is 0.227. The molecule has 2 aromatic carbocycles. The molecule has 1 heterocycles. The van der Waals surface area contributed by atoms with E-state index in [4.69, 9.17) is 4.52 Å². The largest absolute Gasteiger partial charge is 0.372 e. The monoisotopic (exact) mass is 347 g/mol. The lowest BCUT2D eigenvalue weighted by atomic mass is 10.0. The number of nitrogens with one attached hydrogen (secondary N) is 1. The smallest absolute Gasteiger partial charge is 0.143 e. The zero-order valence-corrected chi connectivity index (χ0v) is 15.6. The van der Waals surface area contributed by atoms with Crippen LogP contribution >= 0.6 is 0 Å². The summed E-state index contributed by atoms with van der Waals surface area (Å²) in [6, 6.07) is 18.4. The van der Waals surface area contributed by atoms with E-state index >= 15 is 0 Å². The van der Waals surface area contributed by atoms with Gasteiger partial charge in [-0.05, 0) is 45.0 Å². The molecule has 1 aromatic heterocycles. The number of anilines is 2. The molecule has 0 aliphatic heterocycles. The highest BCUT2D eigenvalue weighted by atomic mass is 16.5. The van der Waals surface area contributed by atoms with Gasteiger partial charge in [0.15, 0.2) is 0 Å². The summed E-state index contributed by atoms with van der Waals surface area (Å²) in [6.45, 7) is 12.4. The Kier molecular flexibility index (Phi) is 5.42. The minimum absolute atomic E-state index is 0.751. The Bertz CT molecular complexity index is 862. The van der Waals surface area contributed by atoms with E-state index in [2.05, 4.69) is 60.1 Å². The Morgan fingerprint density at radius 2 is 1.69 bits per heavy atom. The Labute approximate surface area is 155 Å². The van der Waals surface area contributed by atoms with Gasteiger partial charge in [0.25, 0.3) is 0 Å². The Morgan fingerprint density at radius 3 is 2.31 bits per heavy atom. The molecule has 0 aliphatic carbocycles. The predicted octanol–water partition coefficient (Wildman–Crippen LogP) is 5.58. The topological polar surface area (TPSA) is 41.3 Å². The van der Waals surface area contributed by atoms with Crippen LogP contribution in [0.3, 0.4) is 0 Å². The highest BCUT2D eigenvalue weighted by Crippen LogP contribution is 2.31. The molecule has 4 nitrogen and oxygen atoms in total. The second-order valence-electron chi connectivity index (χ2n) is 6.15. The van der Waals surface area contributed by atoms with Crippen LogP contribution in [0.2, 0.25) is 0 Å². The van der Waals surface area contributed by atoms with Crippen LogP contribution in [0.25, 0.3) is 17.0 Å². The molecule has 0 fully saturated rings. The molecule has 1 N–H and O–H groups in total. The number of rotatable bonds is 7. The number of nitrogens with zero attached hydrogens (tertiary/aromatic N) is 2. The van der Waals surface area contributed by atoms with Crippen molar-refractivity contribution in [3.63, 3.8) is 0 Å². The van der Waals surface area contributed by atoms with Gasteiger partial charge in [-0.1, -0.05) is 42.1 Å². The van der Waals surface area contributed by atoms with Gasteiger partial charge in [-0.3, -0.25) is 0 Å². The molecular formula is C22H25N3O. The molecule has 0 saturated heterocycles. The molecule has 0 amide bonds. The van der Waals surface area contributed by atoms with Gasteiger partial charge in [0.2, 0.25) is 0 Å². The minimum Gasteiger partial charge on any atom is -0.372 e. The van der Waals surface area contributed by atoms with E-state index < -0.39 is 0 Å². The summed E-state index contributed by atoms with van der Waals surface area (Å²) >= 11 is 0. The maximum Gasteiger partial charge on any atom is 0.143 e. The van der Waals surface area contributed by atoms with E-state index in [9.17, 15) is 0 Å². The van der Waals surface area contributed by atoms with E-state index in [1.165, 1.54) is 5.69 Å². The number of hydrogen-bond donors (Lipinski definition) is 1. The van der Waals surface area contributed by atoms with Gasteiger partial charge in [0.1, 0.15) is 11.5 Å². The maximum absolute atomic E-state index is 5.43. The summed E-state index contributed by atoms with van der Waals surface area (Å²) in [5.74, 6) is 0.751. The highest BCUT2D eigenvalue weighted by molar-refractivity contribution is 5.84. The number of aromatic nitrogens is 1. The molecule has 0 unspecified atom stereocenters. The van der Waals surface area contributed by atoms with Crippen LogP contribution in [0, 0.1) is 6.92 Å². The van der Waals surface area contributed by atoms with Gasteiger partial charge in [0.05, 0.1) is 5.56 Å². The second-order valence-corrected chi connectivity index (χ2v) is 6.15. The zero-order valence-electron chi connectivity index (χ0n) is 15.6. The normalized spacial score (nSPS) is 10.6. The average molecular weight is 347 g/mol. The molecule has 0 radical (unpaired) electrons. The van der Waals surface area contributed by atoms with Crippen LogP contribution in [-0.4, -0.2) is 18.2 Å². The first-order valence-electron chi connectivity index (χ1n) is 8.97. The zero-order chi connectivity index (χ0) is 18.5. The molecule has 0 saturated carbocycles. The molecule has 3 aromatic rings. The fourth-order valence-corrected chi connectivity index (χ4v) is 3.10. The minimum atomic E-state index is 0.751. The van der Waals surface area contributed by atoms with Gasteiger partial charge in [-0.25, -0.2) is 0 Å². The van der Waals surface area contributed by atoms with Crippen molar-refractivity contribution >= 4 is 17.1 Å². The third kappa shape index (κ3) is 3.64. The number of hydrogen-bond acceptors (Lipinski definition) is 4. The first kappa shape index (κ1) is 17.8. The van der Waals surface area contributed by atoms with E-state index in [0.717, 1.165) is 47.1 Å². The maximum atomic E-state index is 5.43. The third-order valence-corrected chi connectivity index (χ3v) is 4.50. The van der Waals surface area contributed by atoms with Gasteiger partial charge in [-0.2, -0.15) is 0 Å². The van der Waals surface area contributed by atoms with Crippen molar-refractivity contribution in [3.05, 3.63) is 72.5 Å². The van der Waals surface area contributed by atoms with Crippen LogP contribution in [0.5, 0.6) is 0 Å². The molecule has 134 valence electrons. The lowest BCUT2D eigenvalue weighted by Crippen LogP contribution is -2.21. The molecule has 26 heavy (non-hydrogen) atoms. The fourth-order valence-electron chi connectivity index (χ4n) is 3.10. The van der Waals surface area contributed by atoms with Crippen molar-refractivity contribution in [2.24, 2.45) is 0 Å². The SMILES string of the molecule is C=C(Nc1ccc(N(CC)CC)cc1)c1c(-c2ccccc2)noc1C. The molecular weight excluding hydrogens is 322 g/mol. The van der Waals surface area contributed by atoms with Gasteiger partial charge >= 0.3 is 0 Å². The molecule has 3 rings (SSSR count). The van der Waals surface area contributed by atoms with E-state index in [1.54, 1.807) is 0 Å². The number of benzene rings is 2. The van der Waals surface area contributed by atoms with E-state index in [0.29, 0.717) is 0 Å². The quantitative estimate of drug-likeness (QED) is 0.606. The molecule has 0 spiro atoms. The van der Waals surface area contributed by atoms with Crippen molar-refractivity contribution in [1.82, 2.24) is 5.16 Å². The summed E-state index contributed by atoms with van der Waals surface area (Å²) in [5, 5.41) is 7.61. The summed E-state index contributed by atoms with van der Waals surface area (Å²) in [6.07, 6.45) is 0. The summed E-state index contributed by atoms with van der Waals surface area (Å²) in [4.78, 5) is 2.32. The molecule has 0 atom stereocenters. The van der Waals surface area contributed by atoms with E-state index in [-0.39, 0.29) is 0 Å². The summed E-state index contributed by atoms with van der Waals surface area (Å²) < 4.78 is 5.43. The molecule has 0 aliphatic rings. The Balaban J connectivity index is 1.82. The van der Waals surface area contributed by atoms with Crippen LogP contribution in [0.1, 0.15) is 25.2 Å². The van der Waals surface area contributed by atoms with Crippen molar-refractivity contribution < 1.29 is 4.52 Å². The van der Waals surface area contributed by atoms with Crippen LogP contribution in [0.4, 0.5) is 11.4 Å².